The third kappa shape index (κ3) is 2.29. The summed E-state index contributed by atoms with van der Waals surface area (Å²) < 4.78 is 0. The fourth-order valence-corrected chi connectivity index (χ4v) is 2.57. The van der Waals surface area contributed by atoms with Gasteiger partial charge in [-0.15, -0.1) is 0 Å². The van der Waals surface area contributed by atoms with Crippen LogP contribution in [0.1, 0.15) is 39.5 Å². The Morgan fingerprint density at radius 1 is 1.07 bits per heavy atom. The van der Waals surface area contributed by atoms with E-state index in [4.69, 9.17) is 0 Å². The van der Waals surface area contributed by atoms with E-state index in [1.807, 2.05) is 0 Å². The van der Waals surface area contributed by atoms with E-state index in [-0.39, 0.29) is 0 Å². The zero-order valence-corrected chi connectivity index (χ0v) is 9.63. The maximum atomic E-state index is 3.66. The summed E-state index contributed by atoms with van der Waals surface area (Å²) in [4.78, 5) is 2.63. The molecule has 2 aliphatic rings. The lowest BCUT2D eigenvalue weighted by molar-refractivity contribution is 0.0704. The van der Waals surface area contributed by atoms with Crippen LogP contribution in [0.15, 0.2) is 0 Å². The molecule has 0 spiro atoms. The monoisotopic (exact) mass is 196 g/mol. The van der Waals surface area contributed by atoms with E-state index in [1.165, 1.54) is 45.3 Å². The van der Waals surface area contributed by atoms with Crippen molar-refractivity contribution < 1.29 is 0 Å². The van der Waals surface area contributed by atoms with Gasteiger partial charge in [-0.25, -0.2) is 0 Å². The van der Waals surface area contributed by atoms with Crippen LogP contribution in [0, 0.1) is 5.92 Å². The van der Waals surface area contributed by atoms with E-state index in [9.17, 15) is 0 Å². The van der Waals surface area contributed by atoms with Gasteiger partial charge in [-0.1, -0.05) is 13.8 Å². The molecule has 0 radical (unpaired) electrons. The molecule has 0 aliphatic heterocycles. The van der Waals surface area contributed by atoms with Gasteiger partial charge in [0, 0.05) is 12.1 Å². The summed E-state index contributed by atoms with van der Waals surface area (Å²) in [6.07, 6.45) is 5.71. The maximum absolute atomic E-state index is 3.66. The lowest BCUT2D eigenvalue weighted by Crippen LogP contribution is -2.50. The Morgan fingerprint density at radius 2 is 1.79 bits per heavy atom. The molecule has 1 N–H and O–H groups in total. The Hall–Kier alpha value is -0.0800. The van der Waals surface area contributed by atoms with Crippen molar-refractivity contribution in [3.8, 4) is 0 Å². The van der Waals surface area contributed by atoms with Gasteiger partial charge < -0.3 is 10.2 Å². The third-order valence-electron chi connectivity index (χ3n) is 3.90. The lowest BCUT2D eigenvalue weighted by atomic mass is 9.78. The second-order valence-corrected chi connectivity index (χ2v) is 4.81. The molecule has 0 heterocycles. The van der Waals surface area contributed by atoms with Crippen LogP contribution in [-0.4, -0.2) is 36.6 Å². The molecule has 0 aromatic rings. The fraction of sp³-hybridized carbons (Fsp3) is 1.00. The van der Waals surface area contributed by atoms with Gasteiger partial charge >= 0.3 is 0 Å². The lowest BCUT2D eigenvalue weighted by Gasteiger charge is -2.44. The Labute approximate surface area is 88.1 Å². The molecule has 0 aromatic carbocycles. The first-order valence-corrected chi connectivity index (χ1v) is 6.32. The molecule has 0 bridgehead atoms. The van der Waals surface area contributed by atoms with Crippen LogP contribution >= 0.6 is 0 Å². The summed E-state index contributed by atoms with van der Waals surface area (Å²) in [5.41, 5.74) is 0. The summed E-state index contributed by atoms with van der Waals surface area (Å²) in [7, 11) is 0. The molecule has 2 rings (SSSR count). The highest BCUT2D eigenvalue weighted by Gasteiger charge is 2.34. The van der Waals surface area contributed by atoms with E-state index < -0.39 is 0 Å². The molecule has 0 saturated heterocycles. The molecule has 82 valence electrons. The van der Waals surface area contributed by atoms with Crippen molar-refractivity contribution in [3.63, 3.8) is 0 Å². The van der Waals surface area contributed by atoms with Crippen molar-refractivity contribution >= 4 is 0 Å². The van der Waals surface area contributed by atoms with Crippen molar-refractivity contribution in [1.29, 1.82) is 0 Å². The first-order valence-electron chi connectivity index (χ1n) is 6.32. The summed E-state index contributed by atoms with van der Waals surface area (Å²) in [5.74, 6) is 0.940. The van der Waals surface area contributed by atoms with Gasteiger partial charge in [0.05, 0.1) is 0 Å². The molecule has 2 aliphatic carbocycles. The van der Waals surface area contributed by atoms with Crippen LogP contribution < -0.4 is 5.32 Å². The van der Waals surface area contributed by atoms with E-state index >= 15 is 0 Å². The minimum absolute atomic E-state index is 0.882. The first-order chi connectivity index (χ1) is 6.85. The summed E-state index contributed by atoms with van der Waals surface area (Å²) in [6, 6.07) is 1.77. The van der Waals surface area contributed by atoms with Gasteiger partial charge in [-0.3, -0.25) is 0 Å². The zero-order valence-electron chi connectivity index (χ0n) is 9.63. The van der Waals surface area contributed by atoms with Gasteiger partial charge in [0.15, 0.2) is 0 Å². The maximum Gasteiger partial charge on any atom is 0.0135 e. The Balaban J connectivity index is 1.70. The Bertz CT molecular complexity index is 173. The van der Waals surface area contributed by atoms with Gasteiger partial charge in [-0.2, -0.15) is 0 Å². The number of nitrogens with zero attached hydrogens (tertiary/aromatic N) is 1. The molecular formula is C12H24N2. The highest BCUT2D eigenvalue weighted by molar-refractivity contribution is 4.91. The summed E-state index contributed by atoms with van der Waals surface area (Å²) in [6.45, 7) is 8.29. The van der Waals surface area contributed by atoms with Crippen molar-refractivity contribution in [2.45, 2.75) is 51.6 Å². The minimum Gasteiger partial charge on any atom is -0.314 e. The average molecular weight is 196 g/mol. The predicted molar refractivity (Wildman–Crippen MR) is 60.5 cm³/mol. The highest BCUT2D eigenvalue weighted by Crippen LogP contribution is 2.32. The predicted octanol–water partition coefficient (Wildman–Crippen LogP) is 1.86. The van der Waals surface area contributed by atoms with Gasteiger partial charge in [0.1, 0.15) is 0 Å². The minimum atomic E-state index is 0.882. The van der Waals surface area contributed by atoms with E-state index in [2.05, 4.69) is 24.1 Å². The van der Waals surface area contributed by atoms with Crippen molar-refractivity contribution in [2.24, 2.45) is 5.92 Å². The van der Waals surface area contributed by atoms with Crippen molar-refractivity contribution in [1.82, 2.24) is 10.2 Å². The van der Waals surface area contributed by atoms with E-state index in [0.29, 0.717) is 0 Å². The normalized spacial score (nSPS) is 31.9. The molecule has 0 amide bonds. The Morgan fingerprint density at radius 3 is 2.21 bits per heavy atom. The number of hydrogen-bond acceptors (Lipinski definition) is 2. The summed E-state index contributed by atoms with van der Waals surface area (Å²) in [5, 5.41) is 3.66. The van der Waals surface area contributed by atoms with Crippen molar-refractivity contribution in [2.75, 3.05) is 19.6 Å². The molecule has 2 atom stereocenters. The SMILES string of the molecule is CCN(CC)C1CCC1CNC1CC1. The van der Waals surface area contributed by atoms with Crippen LogP contribution in [0.5, 0.6) is 0 Å². The molecule has 0 aromatic heterocycles. The van der Waals surface area contributed by atoms with Crippen LogP contribution in [0.4, 0.5) is 0 Å². The molecule has 2 saturated carbocycles. The molecular weight excluding hydrogens is 172 g/mol. The second kappa shape index (κ2) is 4.63. The smallest absolute Gasteiger partial charge is 0.0135 e. The zero-order chi connectivity index (χ0) is 9.97. The standard InChI is InChI=1S/C12H24N2/c1-3-14(4-2)12-8-5-10(12)9-13-11-6-7-11/h10-13H,3-9H2,1-2H3. The average Bonchev–Trinajstić information content (AvgIpc) is 2.96. The molecule has 2 heteroatoms. The van der Waals surface area contributed by atoms with Crippen LogP contribution in [-0.2, 0) is 0 Å². The molecule has 2 unspecified atom stereocenters. The van der Waals surface area contributed by atoms with Crippen molar-refractivity contribution in [3.05, 3.63) is 0 Å². The molecule has 2 nitrogen and oxygen atoms in total. The fourth-order valence-electron chi connectivity index (χ4n) is 2.57. The van der Waals surface area contributed by atoms with Crippen LogP contribution in [0.25, 0.3) is 0 Å². The van der Waals surface area contributed by atoms with Crippen LogP contribution in [0.3, 0.4) is 0 Å². The van der Waals surface area contributed by atoms with E-state index in [0.717, 1.165) is 18.0 Å². The number of nitrogens with one attached hydrogen (secondary N) is 1. The topological polar surface area (TPSA) is 15.3 Å². The number of hydrogen-bond donors (Lipinski definition) is 1. The van der Waals surface area contributed by atoms with Gasteiger partial charge in [0.2, 0.25) is 0 Å². The third-order valence-corrected chi connectivity index (χ3v) is 3.90. The Kier molecular flexibility index (Phi) is 3.45. The van der Waals surface area contributed by atoms with Gasteiger partial charge in [-0.05, 0) is 51.2 Å². The quantitative estimate of drug-likeness (QED) is 0.697. The number of rotatable bonds is 6. The molecule has 2 fully saturated rings. The van der Waals surface area contributed by atoms with Crippen LogP contribution in [0.2, 0.25) is 0 Å². The van der Waals surface area contributed by atoms with E-state index in [1.54, 1.807) is 0 Å². The second-order valence-electron chi connectivity index (χ2n) is 4.81. The largest absolute Gasteiger partial charge is 0.314 e. The first kappa shape index (κ1) is 10.4. The van der Waals surface area contributed by atoms with Gasteiger partial charge in [0.25, 0.3) is 0 Å². The molecule has 14 heavy (non-hydrogen) atoms. The highest BCUT2D eigenvalue weighted by atomic mass is 15.2. The summed E-state index contributed by atoms with van der Waals surface area (Å²) >= 11 is 0.